The van der Waals surface area contributed by atoms with Crippen molar-refractivity contribution in [3.05, 3.63) is 53.9 Å². The van der Waals surface area contributed by atoms with Gasteiger partial charge in [0.2, 0.25) is 5.95 Å². The van der Waals surface area contributed by atoms with Gasteiger partial charge in [0, 0.05) is 63.6 Å². The molecule has 39 heavy (non-hydrogen) atoms. The van der Waals surface area contributed by atoms with E-state index in [2.05, 4.69) is 61.9 Å². The van der Waals surface area contributed by atoms with Crippen LogP contribution in [0.4, 0.5) is 5.95 Å². The van der Waals surface area contributed by atoms with E-state index in [-0.39, 0.29) is 6.23 Å². The first-order valence-electron chi connectivity index (χ1n) is 15.3. The smallest absolute Gasteiger partial charge is 0.225 e. The fourth-order valence-corrected chi connectivity index (χ4v) is 6.47. The monoisotopic (exact) mass is 531 g/mol. The number of allylic oxidation sites excluding steroid dienone is 2. The molecule has 2 aromatic rings. The van der Waals surface area contributed by atoms with Gasteiger partial charge >= 0.3 is 0 Å². The van der Waals surface area contributed by atoms with E-state index in [1.807, 2.05) is 12.4 Å². The number of piperazine rings is 1. The van der Waals surface area contributed by atoms with Crippen molar-refractivity contribution in [3.8, 4) is 5.75 Å². The van der Waals surface area contributed by atoms with Crippen LogP contribution in [0.25, 0.3) is 5.57 Å². The van der Waals surface area contributed by atoms with E-state index < -0.39 is 0 Å². The van der Waals surface area contributed by atoms with Gasteiger partial charge < -0.3 is 14.7 Å². The summed E-state index contributed by atoms with van der Waals surface area (Å²) in [7, 11) is 0. The molecule has 1 aromatic heterocycles. The van der Waals surface area contributed by atoms with Gasteiger partial charge in [-0.25, -0.2) is 9.97 Å². The molecule has 2 aliphatic heterocycles. The lowest BCUT2D eigenvalue weighted by Gasteiger charge is -2.40. The van der Waals surface area contributed by atoms with Gasteiger partial charge in [0.05, 0.1) is 6.61 Å². The molecule has 0 radical (unpaired) electrons. The Labute approximate surface area is 233 Å². The number of hydrogen-bond acceptors (Lipinski definition) is 7. The largest absolute Gasteiger partial charge is 0.493 e. The Morgan fingerprint density at radius 1 is 0.923 bits per heavy atom. The standard InChI is InChI=1S/C32H45N5O2/c1-2-24-21-33-32(34-22-24)37-15-13-25(14-16-37)23-39-30-11-7-27(8-12-30)26-3-5-28(6-4-26)31(38)36-19-17-35(18-20-36)29-9-10-29/h3,7-8,11-12,21-22,25,28-29,31,38H,2,4-6,9-10,13-20,23H2,1H3. The lowest BCUT2D eigenvalue weighted by atomic mass is 9.85. The number of hydrogen-bond donors (Lipinski definition) is 1. The lowest BCUT2D eigenvalue weighted by Crippen LogP contribution is -2.52. The molecule has 0 spiro atoms. The van der Waals surface area contributed by atoms with Crippen LogP contribution in [0.1, 0.15) is 63.0 Å². The van der Waals surface area contributed by atoms with Crippen LogP contribution in [0, 0.1) is 11.8 Å². The number of aliphatic hydroxyl groups excluding tert-OH is 1. The molecule has 3 heterocycles. The van der Waals surface area contributed by atoms with Crippen molar-refractivity contribution in [1.29, 1.82) is 0 Å². The number of aromatic nitrogens is 2. The van der Waals surface area contributed by atoms with Crippen molar-refractivity contribution in [2.45, 2.75) is 70.6 Å². The van der Waals surface area contributed by atoms with Crippen molar-refractivity contribution in [2.75, 3.05) is 50.8 Å². The second kappa shape index (κ2) is 12.4. The molecule has 1 saturated carbocycles. The first kappa shape index (κ1) is 26.7. The highest BCUT2D eigenvalue weighted by Gasteiger charge is 2.34. The third kappa shape index (κ3) is 6.64. The first-order chi connectivity index (χ1) is 19.2. The summed E-state index contributed by atoms with van der Waals surface area (Å²) in [6.45, 7) is 9.11. The van der Waals surface area contributed by atoms with E-state index in [1.54, 1.807) is 0 Å². The highest BCUT2D eigenvalue weighted by atomic mass is 16.5. The van der Waals surface area contributed by atoms with Crippen LogP contribution < -0.4 is 9.64 Å². The van der Waals surface area contributed by atoms with Gasteiger partial charge in [0.25, 0.3) is 0 Å². The maximum atomic E-state index is 11.0. The van der Waals surface area contributed by atoms with Crippen LogP contribution in [0.15, 0.2) is 42.7 Å². The minimum absolute atomic E-state index is 0.305. The molecule has 7 nitrogen and oxygen atoms in total. The van der Waals surface area contributed by atoms with Crippen LogP contribution in [0.5, 0.6) is 5.75 Å². The van der Waals surface area contributed by atoms with Gasteiger partial charge in [0.15, 0.2) is 0 Å². The SMILES string of the molecule is CCc1cnc(N2CCC(COc3ccc(C4=CCC(C(O)N5CCN(C6CC6)CC5)CC4)cc3)CC2)nc1. The maximum absolute atomic E-state index is 11.0. The van der Waals surface area contributed by atoms with Gasteiger partial charge in [-0.2, -0.15) is 0 Å². The van der Waals surface area contributed by atoms with Crippen LogP contribution in [-0.2, 0) is 6.42 Å². The predicted molar refractivity (Wildman–Crippen MR) is 156 cm³/mol. The Bertz CT molecular complexity index is 1080. The van der Waals surface area contributed by atoms with Crippen molar-refractivity contribution < 1.29 is 9.84 Å². The Morgan fingerprint density at radius 3 is 2.26 bits per heavy atom. The van der Waals surface area contributed by atoms with Crippen molar-refractivity contribution in [3.63, 3.8) is 0 Å². The molecular weight excluding hydrogens is 486 g/mol. The molecule has 3 fully saturated rings. The van der Waals surface area contributed by atoms with Crippen LogP contribution in [0.2, 0.25) is 0 Å². The number of ether oxygens (including phenoxy) is 1. The average molecular weight is 532 g/mol. The van der Waals surface area contributed by atoms with Gasteiger partial charge in [-0.3, -0.25) is 9.80 Å². The summed E-state index contributed by atoms with van der Waals surface area (Å²) < 4.78 is 6.19. The fraction of sp³-hybridized carbons (Fsp3) is 0.625. The van der Waals surface area contributed by atoms with E-state index in [4.69, 9.17) is 4.74 Å². The van der Waals surface area contributed by atoms with Gasteiger partial charge in [-0.15, -0.1) is 0 Å². The maximum Gasteiger partial charge on any atom is 0.225 e. The summed E-state index contributed by atoms with van der Waals surface area (Å²) >= 11 is 0. The highest BCUT2D eigenvalue weighted by molar-refractivity contribution is 5.66. The van der Waals surface area contributed by atoms with Crippen LogP contribution in [-0.4, -0.2) is 83.0 Å². The number of piperidine rings is 1. The molecular formula is C32H45N5O2. The second-order valence-electron chi connectivity index (χ2n) is 12.0. The summed E-state index contributed by atoms with van der Waals surface area (Å²) in [5.41, 5.74) is 3.88. The molecule has 0 amide bonds. The predicted octanol–water partition coefficient (Wildman–Crippen LogP) is 4.62. The van der Waals surface area contributed by atoms with Crippen LogP contribution in [0.3, 0.4) is 0 Å². The zero-order valence-electron chi connectivity index (χ0n) is 23.5. The zero-order chi connectivity index (χ0) is 26.6. The van der Waals surface area contributed by atoms with Crippen molar-refractivity contribution in [2.24, 2.45) is 11.8 Å². The van der Waals surface area contributed by atoms with E-state index in [9.17, 15) is 5.11 Å². The molecule has 2 unspecified atom stereocenters. The Hall–Kier alpha value is -2.48. The summed E-state index contributed by atoms with van der Waals surface area (Å²) in [5, 5.41) is 11.0. The van der Waals surface area contributed by atoms with Crippen LogP contribution >= 0.6 is 0 Å². The second-order valence-corrected chi connectivity index (χ2v) is 12.0. The Kier molecular flexibility index (Phi) is 8.47. The van der Waals surface area contributed by atoms with E-state index in [0.717, 1.165) is 102 Å². The number of rotatable bonds is 9. The number of aryl methyl sites for hydroxylation is 1. The number of anilines is 1. The number of aliphatic hydroxyl groups is 1. The molecule has 7 heteroatoms. The Balaban J connectivity index is 0.930. The topological polar surface area (TPSA) is 65.0 Å². The molecule has 2 atom stereocenters. The van der Waals surface area contributed by atoms with E-state index in [0.29, 0.717) is 11.8 Å². The summed E-state index contributed by atoms with van der Waals surface area (Å²) in [6, 6.07) is 9.48. The van der Waals surface area contributed by atoms with Gasteiger partial charge in [-0.05, 0) is 86.1 Å². The molecule has 6 rings (SSSR count). The summed E-state index contributed by atoms with van der Waals surface area (Å²) in [6.07, 6.45) is 14.9. The molecule has 4 aliphatic rings. The molecule has 2 aliphatic carbocycles. The highest BCUT2D eigenvalue weighted by Crippen LogP contribution is 2.34. The molecule has 0 bridgehead atoms. The van der Waals surface area contributed by atoms with Crippen molar-refractivity contribution >= 4 is 11.5 Å². The average Bonchev–Trinajstić information content (AvgIpc) is 3.86. The normalized spacial score (nSPS) is 24.4. The fourth-order valence-electron chi connectivity index (χ4n) is 6.47. The number of benzene rings is 1. The summed E-state index contributed by atoms with van der Waals surface area (Å²) in [4.78, 5) is 16.3. The molecule has 210 valence electrons. The quantitative estimate of drug-likeness (QED) is 0.507. The lowest BCUT2D eigenvalue weighted by molar-refractivity contribution is -0.0638. The third-order valence-corrected chi connectivity index (χ3v) is 9.37. The first-order valence-corrected chi connectivity index (χ1v) is 15.3. The zero-order valence-corrected chi connectivity index (χ0v) is 23.5. The molecule has 1 aromatic carbocycles. The third-order valence-electron chi connectivity index (χ3n) is 9.37. The minimum Gasteiger partial charge on any atom is -0.493 e. The van der Waals surface area contributed by atoms with E-state index >= 15 is 0 Å². The Morgan fingerprint density at radius 2 is 1.64 bits per heavy atom. The number of nitrogens with zero attached hydrogens (tertiary/aromatic N) is 5. The minimum atomic E-state index is -0.305. The molecule has 1 N–H and O–H groups in total. The van der Waals surface area contributed by atoms with E-state index in [1.165, 1.54) is 29.5 Å². The summed E-state index contributed by atoms with van der Waals surface area (Å²) in [5.74, 6) is 2.72. The molecule has 2 saturated heterocycles. The van der Waals surface area contributed by atoms with Crippen molar-refractivity contribution in [1.82, 2.24) is 19.8 Å². The van der Waals surface area contributed by atoms with Gasteiger partial charge in [-0.1, -0.05) is 25.1 Å². The van der Waals surface area contributed by atoms with Gasteiger partial charge in [0.1, 0.15) is 12.0 Å².